The van der Waals surface area contributed by atoms with Gasteiger partial charge in [-0.15, -0.1) is 24.0 Å². The molecule has 0 aliphatic heterocycles. The number of nitrogens with zero attached hydrogens (tertiary/aromatic N) is 1. The molecule has 0 atom stereocenters. The quantitative estimate of drug-likeness (QED) is 0.246. The third-order valence-electron chi connectivity index (χ3n) is 3.07. The van der Waals surface area contributed by atoms with Gasteiger partial charge in [-0.2, -0.15) is 0 Å². The molecule has 1 aromatic carbocycles. The highest BCUT2D eigenvalue weighted by molar-refractivity contribution is 14.0. The zero-order valence-corrected chi connectivity index (χ0v) is 16.9. The van der Waals surface area contributed by atoms with E-state index in [0.29, 0.717) is 19.8 Å². The zero-order valence-electron chi connectivity index (χ0n) is 13.8. The normalized spacial score (nSPS) is 11.0. The van der Waals surface area contributed by atoms with E-state index in [1.54, 1.807) is 14.2 Å². The van der Waals surface area contributed by atoms with Crippen LogP contribution in [0.25, 0.3) is 0 Å². The maximum Gasteiger partial charge on any atom is 0.191 e. The molecule has 0 saturated carbocycles. The molecule has 0 aliphatic carbocycles. The van der Waals surface area contributed by atoms with E-state index in [2.05, 4.69) is 15.6 Å². The summed E-state index contributed by atoms with van der Waals surface area (Å²) in [6.07, 6.45) is 2.04. The van der Waals surface area contributed by atoms with Gasteiger partial charge in [-0.25, -0.2) is 0 Å². The predicted molar refractivity (Wildman–Crippen MR) is 107 cm³/mol. The fourth-order valence-electron chi connectivity index (χ4n) is 1.82. The predicted octanol–water partition coefficient (Wildman–Crippen LogP) is 3.07. The molecule has 0 aliphatic rings. The van der Waals surface area contributed by atoms with E-state index in [4.69, 9.17) is 21.1 Å². The molecule has 0 unspecified atom stereocenters. The average Bonchev–Trinajstić information content (AvgIpc) is 2.54. The molecule has 0 fully saturated rings. The highest BCUT2D eigenvalue weighted by Crippen LogP contribution is 2.14. The van der Waals surface area contributed by atoms with Gasteiger partial charge in [0.15, 0.2) is 5.96 Å². The topological polar surface area (TPSA) is 54.9 Å². The Bertz CT molecular complexity index is 447. The van der Waals surface area contributed by atoms with Crippen molar-refractivity contribution in [2.45, 2.75) is 19.4 Å². The second-order valence-electron chi connectivity index (χ2n) is 4.76. The molecule has 2 N–H and O–H groups in total. The van der Waals surface area contributed by atoms with Gasteiger partial charge in [0.2, 0.25) is 0 Å². The SMILES string of the molecule is CN=C(NCCCCOCCOC)NCc1ccccc1Cl.I. The van der Waals surface area contributed by atoms with Gasteiger partial charge in [0.25, 0.3) is 0 Å². The van der Waals surface area contributed by atoms with Gasteiger partial charge < -0.3 is 20.1 Å². The fourth-order valence-corrected chi connectivity index (χ4v) is 2.02. The average molecular weight is 456 g/mol. The number of unbranched alkanes of at least 4 members (excludes halogenated alkanes) is 1. The number of nitrogens with one attached hydrogen (secondary N) is 2. The largest absolute Gasteiger partial charge is 0.382 e. The monoisotopic (exact) mass is 455 g/mol. The number of benzene rings is 1. The molecular formula is C16H27ClIN3O2. The Morgan fingerprint density at radius 3 is 2.61 bits per heavy atom. The Kier molecular flexibility index (Phi) is 14.6. The lowest BCUT2D eigenvalue weighted by Crippen LogP contribution is -2.37. The highest BCUT2D eigenvalue weighted by atomic mass is 127. The standard InChI is InChI=1S/C16H26ClN3O2.HI/c1-18-16(19-9-5-6-10-22-12-11-21-2)20-13-14-7-3-4-8-15(14)17;/h3-4,7-8H,5-6,9-13H2,1-2H3,(H2,18,19,20);1H. The van der Waals surface area contributed by atoms with Crippen LogP contribution in [0.3, 0.4) is 0 Å². The number of aliphatic imine (C=N–C) groups is 1. The van der Waals surface area contributed by atoms with E-state index >= 15 is 0 Å². The lowest BCUT2D eigenvalue weighted by molar-refractivity contribution is 0.0689. The summed E-state index contributed by atoms with van der Waals surface area (Å²) in [6.45, 7) is 3.58. The third kappa shape index (κ3) is 10.8. The minimum atomic E-state index is 0. The van der Waals surface area contributed by atoms with Crippen LogP contribution in [-0.2, 0) is 16.0 Å². The Morgan fingerprint density at radius 1 is 1.13 bits per heavy atom. The first-order valence-electron chi connectivity index (χ1n) is 7.52. The second kappa shape index (κ2) is 15.0. The van der Waals surface area contributed by atoms with Crippen LogP contribution in [-0.4, -0.2) is 46.5 Å². The van der Waals surface area contributed by atoms with Crippen molar-refractivity contribution in [3.8, 4) is 0 Å². The van der Waals surface area contributed by atoms with Crippen LogP contribution in [0.5, 0.6) is 0 Å². The van der Waals surface area contributed by atoms with Crippen molar-refractivity contribution in [1.82, 2.24) is 10.6 Å². The molecule has 0 aromatic heterocycles. The summed E-state index contributed by atoms with van der Waals surface area (Å²) in [5, 5.41) is 7.29. The van der Waals surface area contributed by atoms with Crippen LogP contribution >= 0.6 is 35.6 Å². The second-order valence-corrected chi connectivity index (χ2v) is 5.16. The van der Waals surface area contributed by atoms with E-state index in [9.17, 15) is 0 Å². The summed E-state index contributed by atoms with van der Waals surface area (Å²) in [6, 6.07) is 7.79. The molecule has 0 heterocycles. The van der Waals surface area contributed by atoms with Crippen LogP contribution in [0.2, 0.25) is 5.02 Å². The molecule has 7 heteroatoms. The number of ether oxygens (including phenoxy) is 2. The summed E-state index contributed by atoms with van der Waals surface area (Å²) in [5.74, 6) is 0.778. The summed E-state index contributed by atoms with van der Waals surface area (Å²) in [4.78, 5) is 4.19. The first-order chi connectivity index (χ1) is 10.8. The summed E-state index contributed by atoms with van der Waals surface area (Å²) < 4.78 is 10.3. The Hall–Kier alpha value is -0.570. The first kappa shape index (κ1) is 22.4. The van der Waals surface area contributed by atoms with Crippen molar-refractivity contribution in [3.63, 3.8) is 0 Å². The number of rotatable bonds is 10. The zero-order chi connectivity index (χ0) is 16.0. The minimum Gasteiger partial charge on any atom is -0.382 e. The molecule has 132 valence electrons. The first-order valence-corrected chi connectivity index (χ1v) is 7.90. The number of hydrogen-bond donors (Lipinski definition) is 2. The van der Waals surface area contributed by atoms with Crippen LogP contribution in [0.4, 0.5) is 0 Å². The molecule has 0 radical (unpaired) electrons. The number of hydrogen-bond acceptors (Lipinski definition) is 3. The summed E-state index contributed by atoms with van der Waals surface area (Å²) in [5.41, 5.74) is 1.05. The van der Waals surface area contributed by atoms with Crippen molar-refractivity contribution >= 4 is 41.5 Å². The molecule has 1 rings (SSSR count). The molecule has 0 spiro atoms. The summed E-state index contributed by atoms with van der Waals surface area (Å²) in [7, 11) is 3.43. The Morgan fingerprint density at radius 2 is 1.91 bits per heavy atom. The third-order valence-corrected chi connectivity index (χ3v) is 3.44. The van der Waals surface area contributed by atoms with E-state index in [-0.39, 0.29) is 24.0 Å². The Labute approximate surface area is 161 Å². The van der Waals surface area contributed by atoms with Gasteiger partial charge in [-0.3, -0.25) is 4.99 Å². The number of halogens is 2. The lowest BCUT2D eigenvalue weighted by Gasteiger charge is -2.12. The van der Waals surface area contributed by atoms with Gasteiger partial charge >= 0.3 is 0 Å². The van der Waals surface area contributed by atoms with Crippen LogP contribution in [0.1, 0.15) is 18.4 Å². The van der Waals surface area contributed by atoms with Crippen LogP contribution < -0.4 is 10.6 Å². The lowest BCUT2D eigenvalue weighted by atomic mass is 10.2. The van der Waals surface area contributed by atoms with E-state index in [1.165, 1.54) is 0 Å². The van der Waals surface area contributed by atoms with E-state index < -0.39 is 0 Å². The molecule has 0 saturated heterocycles. The molecule has 0 bridgehead atoms. The fraction of sp³-hybridized carbons (Fsp3) is 0.562. The van der Waals surface area contributed by atoms with Gasteiger partial charge in [0, 0.05) is 38.9 Å². The Balaban J connectivity index is 0.00000484. The van der Waals surface area contributed by atoms with E-state index in [1.807, 2.05) is 24.3 Å². The van der Waals surface area contributed by atoms with Gasteiger partial charge in [0.05, 0.1) is 13.2 Å². The maximum atomic E-state index is 6.13. The van der Waals surface area contributed by atoms with Gasteiger partial charge in [0.1, 0.15) is 0 Å². The maximum absolute atomic E-state index is 6.13. The van der Waals surface area contributed by atoms with Gasteiger partial charge in [-0.1, -0.05) is 29.8 Å². The molecule has 5 nitrogen and oxygen atoms in total. The molecular weight excluding hydrogens is 429 g/mol. The number of guanidine groups is 1. The van der Waals surface area contributed by atoms with Crippen molar-refractivity contribution < 1.29 is 9.47 Å². The van der Waals surface area contributed by atoms with Crippen molar-refractivity contribution in [2.75, 3.05) is 40.5 Å². The number of methoxy groups -OCH3 is 1. The van der Waals surface area contributed by atoms with E-state index in [0.717, 1.165) is 42.5 Å². The van der Waals surface area contributed by atoms with Crippen molar-refractivity contribution in [3.05, 3.63) is 34.9 Å². The van der Waals surface area contributed by atoms with Crippen LogP contribution in [0.15, 0.2) is 29.3 Å². The minimum absolute atomic E-state index is 0. The highest BCUT2D eigenvalue weighted by Gasteiger charge is 2.01. The molecule has 1 aromatic rings. The van der Waals surface area contributed by atoms with Crippen LogP contribution in [0, 0.1) is 0 Å². The van der Waals surface area contributed by atoms with Gasteiger partial charge in [-0.05, 0) is 24.5 Å². The molecule has 23 heavy (non-hydrogen) atoms. The molecule has 0 amide bonds. The van der Waals surface area contributed by atoms with Crippen molar-refractivity contribution in [2.24, 2.45) is 4.99 Å². The smallest absolute Gasteiger partial charge is 0.191 e. The summed E-state index contributed by atoms with van der Waals surface area (Å²) >= 11 is 6.13. The van der Waals surface area contributed by atoms with Crippen molar-refractivity contribution in [1.29, 1.82) is 0 Å².